The van der Waals surface area contributed by atoms with Crippen LogP contribution in [-0.2, 0) is 11.3 Å². The first-order valence-electron chi connectivity index (χ1n) is 7.47. The van der Waals surface area contributed by atoms with E-state index in [0.717, 1.165) is 27.6 Å². The highest BCUT2D eigenvalue weighted by Crippen LogP contribution is 2.26. The van der Waals surface area contributed by atoms with E-state index in [1.165, 1.54) is 18.3 Å². The molecule has 122 valence electrons. The van der Waals surface area contributed by atoms with Gasteiger partial charge in [0, 0.05) is 24.4 Å². The van der Waals surface area contributed by atoms with Gasteiger partial charge in [0.15, 0.2) is 10.9 Å². The fraction of sp³-hybridized carbons (Fsp3) is 0.176. The number of rotatable bonds is 5. The third kappa shape index (κ3) is 4.14. The normalized spacial score (nSPS) is 10.4. The van der Waals surface area contributed by atoms with Gasteiger partial charge in [-0.1, -0.05) is 24.3 Å². The minimum absolute atomic E-state index is 0.0338. The lowest BCUT2D eigenvalue weighted by atomic mass is 10.1. The third-order valence-electron chi connectivity index (χ3n) is 3.33. The molecule has 24 heavy (non-hydrogen) atoms. The summed E-state index contributed by atoms with van der Waals surface area (Å²) >= 11 is 1.51. The molecule has 0 fully saturated rings. The number of thiazole rings is 1. The highest BCUT2D eigenvalue weighted by Gasteiger charge is 2.06. The average molecular weight is 339 g/mol. The first kappa shape index (κ1) is 16.1. The smallest absolute Gasteiger partial charge is 0.217 e. The van der Waals surface area contributed by atoms with Crippen molar-refractivity contribution < 1.29 is 4.79 Å². The molecule has 2 aromatic heterocycles. The maximum atomic E-state index is 10.9. The molecule has 6 nitrogen and oxygen atoms in total. The van der Waals surface area contributed by atoms with Crippen LogP contribution < -0.4 is 10.6 Å². The second-order valence-corrected chi connectivity index (χ2v) is 6.19. The number of hydrogen-bond acceptors (Lipinski definition) is 6. The van der Waals surface area contributed by atoms with Crippen LogP contribution in [0.3, 0.4) is 0 Å². The second kappa shape index (κ2) is 7.18. The summed E-state index contributed by atoms with van der Waals surface area (Å²) in [5, 5.41) is 16.8. The molecule has 0 radical (unpaired) electrons. The summed E-state index contributed by atoms with van der Waals surface area (Å²) < 4.78 is 0. The van der Waals surface area contributed by atoms with Crippen LogP contribution in [0.15, 0.2) is 41.8 Å². The Morgan fingerprint density at radius 2 is 1.92 bits per heavy atom. The van der Waals surface area contributed by atoms with Crippen LogP contribution in [0, 0.1) is 6.92 Å². The average Bonchev–Trinajstić information content (AvgIpc) is 3.04. The first-order chi connectivity index (χ1) is 11.6. The third-order valence-corrected chi connectivity index (χ3v) is 4.09. The van der Waals surface area contributed by atoms with Crippen molar-refractivity contribution in [2.24, 2.45) is 0 Å². The van der Waals surface area contributed by atoms with E-state index >= 15 is 0 Å². The van der Waals surface area contributed by atoms with Crippen molar-refractivity contribution in [3.63, 3.8) is 0 Å². The van der Waals surface area contributed by atoms with Gasteiger partial charge in [-0.25, -0.2) is 4.98 Å². The Morgan fingerprint density at radius 1 is 1.12 bits per heavy atom. The van der Waals surface area contributed by atoms with Crippen LogP contribution in [0.5, 0.6) is 0 Å². The quantitative estimate of drug-likeness (QED) is 0.745. The van der Waals surface area contributed by atoms with Crippen LogP contribution in [0.4, 0.5) is 10.9 Å². The molecule has 0 aliphatic rings. The van der Waals surface area contributed by atoms with Crippen molar-refractivity contribution in [1.29, 1.82) is 0 Å². The number of carbonyl (C=O) groups is 1. The fourth-order valence-electron chi connectivity index (χ4n) is 2.06. The minimum atomic E-state index is -0.0338. The van der Waals surface area contributed by atoms with E-state index in [9.17, 15) is 4.79 Å². The molecule has 3 rings (SSSR count). The van der Waals surface area contributed by atoms with Gasteiger partial charge in [0.2, 0.25) is 5.91 Å². The summed E-state index contributed by atoms with van der Waals surface area (Å²) in [6.07, 6.45) is 0. The molecule has 7 heteroatoms. The number of hydrogen-bond donors (Lipinski definition) is 2. The lowest BCUT2D eigenvalue weighted by Crippen LogP contribution is -2.18. The zero-order chi connectivity index (χ0) is 16.9. The molecule has 1 aromatic carbocycles. The predicted octanol–water partition coefficient (Wildman–Crippen LogP) is 3.29. The maximum absolute atomic E-state index is 10.9. The highest BCUT2D eigenvalue weighted by molar-refractivity contribution is 7.14. The molecule has 0 saturated heterocycles. The van der Waals surface area contributed by atoms with Gasteiger partial charge in [-0.05, 0) is 24.6 Å². The van der Waals surface area contributed by atoms with Crippen LogP contribution >= 0.6 is 11.3 Å². The lowest BCUT2D eigenvalue weighted by molar-refractivity contribution is -0.119. The number of aryl methyl sites for hydroxylation is 1. The summed E-state index contributed by atoms with van der Waals surface area (Å²) in [7, 11) is 0. The number of anilines is 2. The van der Waals surface area contributed by atoms with Gasteiger partial charge < -0.3 is 10.6 Å². The first-order valence-corrected chi connectivity index (χ1v) is 8.35. The molecule has 1 amide bonds. The van der Waals surface area contributed by atoms with E-state index < -0.39 is 0 Å². The Morgan fingerprint density at radius 3 is 2.58 bits per heavy atom. The van der Waals surface area contributed by atoms with Crippen LogP contribution in [0.1, 0.15) is 18.2 Å². The van der Waals surface area contributed by atoms with Gasteiger partial charge in [0.05, 0.1) is 11.4 Å². The molecule has 0 bridgehead atoms. The van der Waals surface area contributed by atoms with E-state index in [-0.39, 0.29) is 5.91 Å². The number of benzene rings is 1. The number of amides is 1. The van der Waals surface area contributed by atoms with Crippen molar-refractivity contribution in [3.05, 3.63) is 53.0 Å². The van der Waals surface area contributed by atoms with Gasteiger partial charge in [-0.2, -0.15) is 5.10 Å². The van der Waals surface area contributed by atoms with Gasteiger partial charge >= 0.3 is 0 Å². The molecule has 0 atom stereocenters. The summed E-state index contributed by atoms with van der Waals surface area (Å²) in [6, 6.07) is 11.8. The molecular weight excluding hydrogens is 322 g/mol. The summed E-state index contributed by atoms with van der Waals surface area (Å²) in [5.74, 6) is 0.639. The van der Waals surface area contributed by atoms with Crippen molar-refractivity contribution in [3.8, 4) is 11.3 Å². The van der Waals surface area contributed by atoms with Gasteiger partial charge in [0.25, 0.3) is 0 Å². The Bertz CT molecular complexity index is 827. The van der Waals surface area contributed by atoms with Crippen LogP contribution in [0.25, 0.3) is 11.3 Å². The van der Waals surface area contributed by atoms with Crippen molar-refractivity contribution in [1.82, 2.24) is 20.5 Å². The number of carbonyl (C=O) groups excluding carboxylic acids is 1. The van der Waals surface area contributed by atoms with Gasteiger partial charge in [-0.3, -0.25) is 4.79 Å². The molecule has 0 spiro atoms. The van der Waals surface area contributed by atoms with E-state index in [1.54, 1.807) is 0 Å². The molecule has 3 aromatic rings. The summed E-state index contributed by atoms with van der Waals surface area (Å²) in [5.41, 5.74) is 3.85. The largest absolute Gasteiger partial charge is 0.352 e. The molecule has 2 N–H and O–H groups in total. The van der Waals surface area contributed by atoms with E-state index in [1.807, 2.05) is 48.7 Å². The zero-order valence-corrected chi connectivity index (χ0v) is 14.2. The zero-order valence-electron chi connectivity index (χ0n) is 13.4. The van der Waals surface area contributed by atoms with Crippen molar-refractivity contribution in [2.45, 2.75) is 20.4 Å². The number of nitrogens with zero attached hydrogens (tertiary/aromatic N) is 3. The van der Waals surface area contributed by atoms with Crippen LogP contribution in [0.2, 0.25) is 0 Å². The Labute approximate surface area is 144 Å². The lowest BCUT2D eigenvalue weighted by Gasteiger charge is -2.03. The standard InChI is InChI=1S/C17H17N5OS/c1-11-3-8-16(22-21-11)20-17-19-15(10-24-17)14-6-4-13(5-7-14)9-18-12(2)23/h3-8,10H,9H2,1-2H3,(H,18,23)(H,19,20,22). The summed E-state index contributed by atoms with van der Waals surface area (Å²) in [4.78, 5) is 15.5. The Kier molecular flexibility index (Phi) is 4.81. The van der Waals surface area contributed by atoms with Crippen LogP contribution in [-0.4, -0.2) is 21.1 Å². The number of aromatic nitrogens is 3. The Hall–Kier alpha value is -2.80. The topological polar surface area (TPSA) is 79.8 Å². The van der Waals surface area contributed by atoms with E-state index in [4.69, 9.17) is 0 Å². The van der Waals surface area contributed by atoms with Crippen molar-refractivity contribution in [2.75, 3.05) is 5.32 Å². The predicted molar refractivity (Wildman–Crippen MR) is 95.1 cm³/mol. The SMILES string of the molecule is CC(=O)NCc1ccc(-c2csc(Nc3ccc(C)nn3)n2)cc1. The summed E-state index contributed by atoms with van der Waals surface area (Å²) in [6.45, 7) is 3.94. The molecule has 0 aliphatic carbocycles. The fourth-order valence-corrected chi connectivity index (χ4v) is 2.79. The van der Waals surface area contributed by atoms with Gasteiger partial charge in [-0.15, -0.1) is 16.4 Å². The molecule has 0 aliphatic heterocycles. The molecule has 0 unspecified atom stereocenters. The molecule has 0 saturated carbocycles. The van der Waals surface area contributed by atoms with Crippen molar-refractivity contribution >= 4 is 28.2 Å². The van der Waals surface area contributed by atoms with Gasteiger partial charge in [0.1, 0.15) is 0 Å². The maximum Gasteiger partial charge on any atom is 0.217 e. The minimum Gasteiger partial charge on any atom is -0.352 e. The number of nitrogens with one attached hydrogen (secondary N) is 2. The monoisotopic (exact) mass is 339 g/mol. The second-order valence-electron chi connectivity index (χ2n) is 5.33. The van der Waals surface area contributed by atoms with E-state index in [0.29, 0.717) is 12.4 Å². The Balaban J connectivity index is 1.68. The molecular formula is C17H17N5OS. The molecule has 2 heterocycles. The highest BCUT2D eigenvalue weighted by atomic mass is 32.1. The van der Waals surface area contributed by atoms with E-state index in [2.05, 4.69) is 25.8 Å².